The highest BCUT2D eigenvalue weighted by atomic mass is 16.2. The van der Waals surface area contributed by atoms with Crippen LogP contribution in [0, 0.1) is 6.92 Å². The molecule has 0 spiro atoms. The number of nitrogens with zero attached hydrogens (tertiary/aromatic N) is 2. The lowest BCUT2D eigenvalue weighted by atomic mass is 10.0. The molecule has 0 aliphatic heterocycles. The summed E-state index contributed by atoms with van der Waals surface area (Å²) in [5, 5.41) is 3.67. The number of carbonyl (C=O) groups is 2. The fourth-order valence-corrected chi connectivity index (χ4v) is 3.57. The number of benzene rings is 4. The van der Waals surface area contributed by atoms with Gasteiger partial charge >= 0.3 is 0 Å². The molecule has 0 heterocycles. The van der Waals surface area contributed by atoms with Crippen LogP contribution in [0.1, 0.15) is 26.3 Å². The van der Waals surface area contributed by atoms with Crippen LogP contribution in [0.25, 0.3) is 10.8 Å². The summed E-state index contributed by atoms with van der Waals surface area (Å²) in [6.45, 7) is 1.86. The lowest BCUT2D eigenvalue weighted by Crippen LogP contribution is -2.39. The third-order valence-corrected chi connectivity index (χ3v) is 5.23. The number of hydrazine groups is 2. The fourth-order valence-electron chi connectivity index (χ4n) is 3.57. The van der Waals surface area contributed by atoms with Crippen molar-refractivity contribution in [2.24, 2.45) is 11.7 Å². The largest absolute Gasteiger partial charge is 0.272 e. The Labute approximate surface area is 180 Å². The molecule has 4 aromatic rings. The molecule has 0 aliphatic carbocycles. The van der Waals surface area contributed by atoms with E-state index in [1.54, 1.807) is 48.5 Å². The Bertz CT molecular complexity index is 1270. The molecule has 4 rings (SSSR count). The van der Waals surface area contributed by atoms with Crippen LogP contribution >= 0.6 is 0 Å². The summed E-state index contributed by atoms with van der Waals surface area (Å²) in [4.78, 5) is 25.9. The summed E-state index contributed by atoms with van der Waals surface area (Å²) in [6.07, 6.45) is 0. The van der Waals surface area contributed by atoms with E-state index >= 15 is 0 Å². The Morgan fingerprint density at radius 1 is 0.613 bits per heavy atom. The molecule has 6 nitrogen and oxygen atoms in total. The van der Waals surface area contributed by atoms with E-state index in [0.717, 1.165) is 15.6 Å². The van der Waals surface area contributed by atoms with Crippen molar-refractivity contribution in [3.05, 3.63) is 108 Å². The summed E-state index contributed by atoms with van der Waals surface area (Å²) >= 11 is 0. The quantitative estimate of drug-likeness (QED) is 0.300. The number of fused-ring (bicyclic) bond motifs is 1. The van der Waals surface area contributed by atoms with E-state index < -0.39 is 0 Å². The first-order valence-electron chi connectivity index (χ1n) is 9.80. The minimum Gasteiger partial charge on any atom is -0.267 e. The summed E-state index contributed by atoms with van der Waals surface area (Å²) < 4.78 is 0. The molecule has 0 unspecified atom stereocenters. The highest BCUT2D eigenvalue weighted by molar-refractivity contribution is 6.15. The molecule has 0 radical (unpaired) electrons. The maximum absolute atomic E-state index is 13.0. The van der Waals surface area contributed by atoms with Crippen molar-refractivity contribution < 1.29 is 9.59 Å². The average molecular weight is 410 g/mol. The molecule has 0 saturated carbocycles. The van der Waals surface area contributed by atoms with Gasteiger partial charge in [0.1, 0.15) is 0 Å². The van der Waals surface area contributed by atoms with Gasteiger partial charge in [-0.2, -0.15) is 0 Å². The van der Waals surface area contributed by atoms with E-state index in [0.29, 0.717) is 33.3 Å². The SMILES string of the molecule is Cc1ccccc1C(=O)N(N)c1ccc(N(N)C(=O)c2ccccc2)c2ccccc12. The van der Waals surface area contributed by atoms with E-state index in [-0.39, 0.29) is 11.8 Å². The molecule has 4 N–H and O–H groups in total. The van der Waals surface area contributed by atoms with Crippen LogP contribution in [-0.4, -0.2) is 11.8 Å². The van der Waals surface area contributed by atoms with Gasteiger partial charge in [-0.05, 0) is 42.8 Å². The van der Waals surface area contributed by atoms with Gasteiger partial charge in [0.2, 0.25) is 0 Å². The van der Waals surface area contributed by atoms with Crippen molar-refractivity contribution in [3.63, 3.8) is 0 Å². The lowest BCUT2D eigenvalue weighted by Gasteiger charge is -2.23. The Kier molecular flexibility index (Phi) is 5.49. The van der Waals surface area contributed by atoms with Gasteiger partial charge in [0.25, 0.3) is 11.8 Å². The molecule has 0 fully saturated rings. The lowest BCUT2D eigenvalue weighted by molar-refractivity contribution is 0.0978. The van der Waals surface area contributed by atoms with Crippen molar-refractivity contribution in [1.29, 1.82) is 0 Å². The van der Waals surface area contributed by atoms with Crippen LogP contribution in [0.5, 0.6) is 0 Å². The summed E-state index contributed by atoms with van der Waals surface area (Å²) in [5.41, 5.74) is 2.88. The van der Waals surface area contributed by atoms with Crippen LogP contribution in [0.4, 0.5) is 11.4 Å². The van der Waals surface area contributed by atoms with Crippen molar-refractivity contribution in [3.8, 4) is 0 Å². The molecule has 0 saturated heterocycles. The number of anilines is 2. The van der Waals surface area contributed by atoms with Gasteiger partial charge in [-0.15, -0.1) is 0 Å². The smallest absolute Gasteiger partial charge is 0.267 e. The first kappa shape index (κ1) is 20.3. The third kappa shape index (κ3) is 3.77. The standard InChI is InChI=1S/C25H22N4O2/c1-17-9-5-6-12-19(17)25(31)29(27)23-16-15-22(20-13-7-8-14-21(20)23)28(26)24(30)18-10-3-2-4-11-18/h2-16H,26-27H2,1H3. The first-order chi connectivity index (χ1) is 15.0. The average Bonchev–Trinajstić information content (AvgIpc) is 2.82. The Morgan fingerprint density at radius 2 is 1.10 bits per heavy atom. The van der Waals surface area contributed by atoms with E-state index in [2.05, 4.69) is 0 Å². The van der Waals surface area contributed by atoms with Crippen molar-refractivity contribution >= 4 is 34.0 Å². The van der Waals surface area contributed by atoms with Gasteiger partial charge in [-0.25, -0.2) is 21.7 Å². The number of rotatable bonds is 4. The number of carbonyl (C=O) groups excluding carboxylic acids is 2. The Balaban J connectivity index is 1.76. The maximum atomic E-state index is 13.0. The second kappa shape index (κ2) is 8.39. The number of hydrogen-bond donors (Lipinski definition) is 2. The van der Waals surface area contributed by atoms with Crippen LogP contribution in [0.3, 0.4) is 0 Å². The predicted molar refractivity (Wildman–Crippen MR) is 124 cm³/mol. The van der Waals surface area contributed by atoms with Gasteiger partial charge in [-0.3, -0.25) is 9.59 Å². The van der Waals surface area contributed by atoms with Crippen LogP contribution in [0.2, 0.25) is 0 Å². The van der Waals surface area contributed by atoms with E-state index in [9.17, 15) is 9.59 Å². The van der Waals surface area contributed by atoms with Gasteiger partial charge in [0, 0.05) is 21.9 Å². The highest BCUT2D eigenvalue weighted by Crippen LogP contribution is 2.33. The zero-order valence-electron chi connectivity index (χ0n) is 17.0. The number of nitrogens with two attached hydrogens (primary N) is 2. The minimum atomic E-state index is -0.334. The Hall–Kier alpha value is -4.00. The van der Waals surface area contributed by atoms with Crippen molar-refractivity contribution in [2.75, 3.05) is 10.0 Å². The predicted octanol–water partition coefficient (Wildman–Crippen LogP) is 4.19. The summed E-state index contributed by atoms with van der Waals surface area (Å²) in [6, 6.07) is 26.9. The molecule has 154 valence electrons. The number of hydrogen-bond acceptors (Lipinski definition) is 4. The monoisotopic (exact) mass is 410 g/mol. The van der Waals surface area contributed by atoms with E-state index in [1.165, 1.54) is 0 Å². The highest BCUT2D eigenvalue weighted by Gasteiger charge is 2.21. The fraction of sp³-hybridized carbons (Fsp3) is 0.0400. The third-order valence-electron chi connectivity index (χ3n) is 5.23. The second-order valence-corrected chi connectivity index (χ2v) is 7.18. The zero-order chi connectivity index (χ0) is 22.0. The van der Waals surface area contributed by atoms with Gasteiger partial charge in [-0.1, -0.05) is 60.7 Å². The second-order valence-electron chi connectivity index (χ2n) is 7.18. The minimum absolute atomic E-state index is 0.319. The molecule has 0 aromatic heterocycles. The molecule has 31 heavy (non-hydrogen) atoms. The van der Waals surface area contributed by atoms with Gasteiger partial charge < -0.3 is 0 Å². The molecular formula is C25H22N4O2. The number of aryl methyl sites for hydroxylation is 1. The van der Waals surface area contributed by atoms with Gasteiger partial charge in [0.15, 0.2) is 0 Å². The van der Waals surface area contributed by atoms with E-state index in [4.69, 9.17) is 11.7 Å². The molecule has 0 atom stereocenters. The van der Waals surface area contributed by atoms with Crippen molar-refractivity contribution in [2.45, 2.75) is 6.92 Å². The zero-order valence-corrected chi connectivity index (χ0v) is 17.0. The van der Waals surface area contributed by atoms with Crippen LogP contribution in [0.15, 0.2) is 91.0 Å². The summed E-state index contributed by atoms with van der Waals surface area (Å²) in [5.74, 6) is 11.8. The molecule has 6 heteroatoms. The Morgan fingerprint density at radius 3 is 1.68 bits per heavy atom. The first-order valence-corrected chi connectivity index (χ1v) is 9.80. The topological polar surface area (TPSA) is 92.7 Å². The van der Waals surface area contributed by atoms with Crippen LogP contribution < -0.4 is 21.7 Å². The van der Waals surface area contributed by atoms with Crippen molar-refractivity contribution in [1.82, 2.24) is 0 Å². The van der Waals surface area contributed by atoms with Gasteiger partial charge in [0.05, 0.1) is 11.4 Å². The normalized spacial score (nSPS) is 10.7. The van der Waals surface area contributed by atoms with E-state index in [1.807, 2.05) is 49.4 Å². The van der Waals surface area contributed by atoms with Crippen LogP contribution in [-0.2, 0) is 0 Å². The molecule has 0 aliphatic rings. The maximum Gasteiger partial charge on any atom is 0.272 e. The number of amides is 2. The molecular weight excluding hydrogens is 388 g/mol. The molecule has 2 amide bonds. The summed E-state index contributed by atoms with van der Waals surface area (Å²) in [7, 11) is 0. The molecule has 4 aromatic carbocycles. The molecule has 0 bridgehead atoms.